The third-order valence-corrected chi connectivity index (χ3v) is 2.60. The highest BCUT2D eigenvalue weighted by molar-refractivity contribution is 6.29. The molecule has 2 heterocycles. The van der Waals surface area contributed by atoms with E-state index in [2.05, 4.69) is 15.0 Å². The lowest BCUT2D eigenvalue weighted by atomic mass is 10.2. The van der Waals surface area contributed by atoms with Crippen LogP contribution >= 0.6 is 11.6 Å². The van der Waals surface area contributed by atoms with Gasteiger partial charge in [0.05, 0.1) is 5.69 Å². The van der Waals surface area contributed by atoms with Crippen LogP contribution in [-0.2, 0) is 6.42 Å². The summed E-state index contributed by atoms with van der Waals surface area (Å²) >= 11 is 5.87. The van der Waals surface area contributed by atoms with Crippen LogP contribution in [0.15, 0.2) is 18.2 Å². The second-order valence-corrected chi connectivity index (χ2v) is 4.32. The minimum absolute atomic E-state index is 0.371. The lowest BCUT2D eigenvalue weighted by Crippen LogP contribution is -1.98. The van der Waals surface area contributed by atoms with Crippen molar-refractivity contribution in [3.63, 3.8) is 0 Å². The number of hydrogen-bond acceptors (Lipinski definition) is 4. The lowest BCUT2D eigenvalue weighted by Gasteiger charge is -2.09. The molecule has 4 nitrogen and oxygen atoms in total. The Bertz CT molecular complexity index is 552. The van der Waals surface area contributed by atoms with Gasteiger partial charge in [0.15, 0.2) is 5.75 Å². The summed E-state index contributed by atoms with van der Waals surface area (Å²) in [6.45, 7) is 5.76. The van der Waals surface area contributed by atoms with Gasteiger partial charge in [-0.25, -0.2) is 4.98 Å². The smallest absolute Gasteiger partial charge is 0.224 e. The SMILES string of the molecule is CCc1nc(C)ccc1Oc1cc(Cl)nc(C)n1. The van der Waals surface area contributed by atoms with Crippen LogP contribution in [0.5, 0.6) is 11.6 Å². The largest absolute Gasteiger partial charge is 0.437 e. The first kappa shape index (κ1) is 12.8. The molecule has 18 heavy (non-hydrogen) atoms. The third kappa shape index (κ3) is 2.96. The fourth-order valence-corrected chi connectivity index (χ4v) is 1.83. The molecule has 0 bridgehead atoms. The average Bonchev–Trinajstić information content (AvgIpc) is 2.30. The Morgan fingerprint density at radius 1 is 1.17 bits per heavy atom. The maximum Gasteiger partial charge on any atom is 0.224 e. The van der Waals surface area contributed by atoms with Gasteiger partial charge in [-0.05, 0) is 32.4 Å². The minimum atomic E-state index is 0.371. The van der Waals surface area contributed by atoms with Crippen molar-refractivity contribution >= 4 is 11.6 Å². The highest BCUT2D eigenvalue weighted by Gasteiger charge is 2.08. The number of nitrogens with zero attached hydrogens (tertiary/aromatic N) is 3. The monoisotopic (exact) mass is 263 g/mol. The van der Waals surface area contributed by atoms with Crippen LogP contribution in [0.1, 0.15) is 24.1 Å². The van der Waals surface area contributed by atoms with E-state index in [0.717, 1.165) is 17.8 Å². The van der Waals surface area contributed by atoms with E-state index in [1.54, 1.807) is 13.0 Å². The van der Waals surface area contributed by atoms with Crippen LogP contribution in [0, 0.1) is 13.8 Å². The summed E-state index contributed by atoms with van der Waals surface area (Å²) < 4.78 is 5.72. The summed E-state index contributed by atoms with van der Waals surface area (Å²) in [5.41, 5.74) is 1.87. The molecule has 0 aliphatic rings. The second kappa shape index (κ2) is 5.31. The van der Waals surface area contributed by atoms with E-state index in [9.17, 15) is 0 Å². The number of halogens is 1. The maximum atomic E-state index is 5.87. The van der Waals surface area contributed by atoms with Crippen molar-refractivity contribution in [1.82, 2.24) is 15.0 Å². The van der Waals surface area contributed by atoms with Crippen LogP contribution in [0.4, 0.5) is 0 Å². The number of aromatic nitrogens is 3. The zero-order valence-corrected chi connectivity index (χ0v) is 11.3. The Labute approximate surface area is 111 Å². The Morgan fingerprint density at radius 2 is 1.94 bits per heavy atom. The van der Waals surface area contributed by atoms with Crippen molar-refractivity contribution in [2.45, 2.75) is 27.2 Å². The highest BCUT2D eigenvalue weighted by Crippen LogP contribution is 2.24. The van der Waals surface area contributed by atoms with Crippen molar-refractivity contribution in [1.29, 1.82) is 0 Å². The van der Waals surface area contributed by atoms with Gasteiger partial charge in [-0.1, -0.05) is 18.5 Å². The topological polar surface area (TPSA) is 47.9 Å². The lowest BCUT2D eigenvalue weighted by molar-refractivity contribution is 0.451. The van der Waals surface area contributed by atoms with Crippen molar-refractivity contribution < 1.29 is 4.74 Å². The molecule has 2 aromatic rings. The van der Waals surface area contributed by atoms with Gasteiger partial charge in [0.25, 0.3) is 0 Å². The molecule has 0 radical (unpaired) electrons. The van der Waals surface area contributed by atoms with Crippen LogP contribution in [0.3, 0.4) is 0 Å². The van der Waals surface area contributed by atoms with Gasteiger partial charge in [-0.2, -0.15) is 4.98 Å². The number of pyridine rings is 1. The van der Waals surface area contributed by atoms with E-state index >= 15 is 0 Å². The standard InChI is InChI=1S/C13H14ClN3O/c1-4-10-11(6-5-8(2)15-10)18-13-7-12(14)16-9(3)17-13/h5-7H,4H2,1-3H3. The molecule has 0 aromatic carbocycles. The van der Waals surface area contributed by atoms with E-state index in [-0.39, 0.29) is 0 Å². The first-order chi connectivity index (χ1) is 8.58. The van der Waals surface area contributed by atoms with Gasteiger partial charge in [-0.3, -0.25) is 4.98 Å². The molecule has 0 N–H and O–H groups in total. The van der Waals surface area contributed by atoms with E-state index < -0.39 is 0 Å². The molecule has 5 heteroatoms. The molecule has 0 spiro atoms. The van der Waals surface area contributed by atoms with Gasteiger partial charge < -0.3 is 4.74 Å². The van der Waals surface area contributed by atoms with Crippen molar-refractivity contribution in [2.24, 2.45) is 0 Å². The first-order valence-electron chi connectivity index (χ1n) is 5.74. The molecule has 0 aliphatic heterocycles. The molecule has 0 amide bonds. The molecular formula is C13H14ClN3O. The number of ether oxygens (including phenoxy) is 1. The number of rotatable bonds is 3. The third-order valence-electron chi connectivity index (χ3n) is 2.40. The zero-order valence-electron chi connectivity index (χ0n) is 10.6. The van der Waals surface area contributed by atoms with Crippen molar-refractivity contribution in [3.05, 3.63) is 40.6 Å². The molecule has 94 valence electrons. The average molecular weight is 264 g/mol. The fraction of sp³-hybridized carbons (Fsp3) is 0.308. The Hall–Kier alpha value is -1.68. The number of aryl methyl sites for hydroxylation is 3. The molecule has 0 unspecified atom stereocenters. The molecule has 0 fully saturated rings. The van der Waals surface area contributed by atoms with Gasteiger partial charge in [-0.15, -0.1) is 0 Å². The van der Waals surface area contributed by atoms with E-state index in [0.29, 0.717) is 22.6 Å². The fourth-order valence-electron chi connectivity index (χ4n) is 1.61. The van der Waals surface area contributed by atoms with Crippen LogP contribution in [-0.4, -0.2) is 15.0 Å². The molecule has 2 aromatic heterocycles. The predicted octanol–water partition coefficient (Wildman–Crippen LogP) is 3.50. The maximum absolute atomic E-state index is 5.87. The van der Waals surface area contributed by atoms with Crippen LogP contribution in [0.25, 0.3) is 0 Å². The molecule has 0 aliphatic carbocycles. The van der Waals surface area contributed by atoms with Gasteiger partial charge in [0.1, 0.15) is 11.0 Å². The Balaban J connectivity index is 2.33. The summed E-state index contributed by atoms with van der Waals surface area (Å²) in [6, 6.07) is 5.39. The summed E-state index contributed by atoms with van der Waals surface area (Å²) in [6.07, 6.45) is 0.800. The molecule has 0 atom stereocenters. The molecule has 0 saturated carbocycles. The molecule has 2 rings (SSSR count). The predicted molar refractivity (Wildman–Crippen MR) is 70.2 cm³/mol. The van der Waals surface area contributed by atoms with Gasteiger partial charge >= 0.3 is 0 Å². The first-order valence-corrected chi connectivity index (χ1v) is 6.12. The van der Waals surface area contributed by atoms with E-state index in [1.807, 2.05) is 26.0 Å². The second-order valence-electron chi connectivity index (χ2n) is 3.93. The Kier molecular flexibility index (Phi) is 3.77. The van der Waals surface area contributed by atoms with Gasteiger partial charge in [0.2, 0.25) is 5.88 Å². The normalized spacial score (nSPS) is 10.4. The summed E-state index contributed by atoms with van der Waals surface area (Å²) in [5.74, 6) is 1.72. The quantitative estimate of drug-likeness (QED) is 0.796. The van der Waals surface area contributed by atoms with E-state index in [1.165, 1.54) is 0 Å². The molecule has 0 saturated heterocycles. The van der Waals surface area contributed by atoms with Gasteiger partial charge in [0, 0.05) is 11.8 Å². The Morgan fingerprint density at radius 3 is 2.61 bits per heavy atom. The summed E-state index contributed by atoms with van der Waals surface area (Å²) in [4.78, 5) is 12.6. The number of hydrogen-bond donors (Lipinski definition) is 0. The van der Waals surface area contributed by atoms with Crippen molar-refractivity contribution in [3.8, 4) is 11.6 Å². The van der Waals surface area contributed by atoms with E-state index in [4.69, 9.17) is 16.3 Å². The molecular weight excluding hydrogens is 250 g/mol. The summed E-state index contributed by atoms with van der Waals surface area (Å²) in [7, 11) is 0. The van der Waals surface area contributed by atoms with Crippen molar-refractivity contribution in [2.75, 3.05) is 0 Å². The van der Waals surface area contributed by atoms with Crippen LogP contribution in [0.2, 0.25) is 5.15 Å². The minimum Gasteiger partial charge on any atom is -0.437 e. The highest BCUT2D eigenvalue weighted by atomic mass is 35.5. The summed E-state index contributed by atoms with van der Waals surface area (Å²) in [5, 5.41) is 0.371. The van der Waals surface area contributed by atoms with Crippen LogP contribution < -0.4 is 4.74 Å². The zero-order chi connectivity index (χ0) is 13.1.